The van der Waals surface area contributed by atoms with Gasteiger partial charge in [0.05, 0.1) is 34.4 Å². The summed E-state index contributed by atoms with van der Waals surface area (Å²) in [6.45, 7) is 1.04. The molecule has 0 radical (unpaired) electrons. The van der Waals surface area contributed by atoms with Crippen molar-refractivity contribution in [2.75, 3.05) is 13.1 Å². The average molecular weight is 302 g/mol. The predicted molar refractivity (Wildman–Crippen MR) is 76.2 cm³/mol. The summed E-state index contributed by atoms with van der Waals surface area (Å²) in [5.41, 5.74) is 0.363. The first-order valence-electron chi connectivity index (χ1n) is 5.72. The number of β-amino-alcohol motifs (C(OH)–C–C–N with tert-alkyl or cyclic N) is 1. The second kappa shape index (κ2) is 5.46. The molecular weight excluding hydrogens is 289 g/mol. The highest BCUT2D eigenvalue weighted by Gasteiger charge is 2.27. The van der Waals surface area contributed by atoms with Crippen molar-refractivity contribution >= 4 is 34.9 Å². The van der Waals surface area contributed by atoms with E-state index < -0.39 is 6.10 Å². The van der Waals surface area contributed by atoms with Gasteiger partial charge in [0.1, 0.15) is 0 Å². The van der Waals surface area contributed by atoms with Crippen LogP contribution in [0.25, 0.3) is 10.9 Å². The molecule has 2 atom stereocenters. The molecule has 19 heavy (non-hydrogen) atoms. The highest BCUT2D eigenvalue weighted by Crippen LogP contribution is 2.20. The van der Waals surface area contributed by atoms with Gasteiger partial charge in [0, 0.05) is 13.1 Å². The number of aliphatic hydroxyl groups excluding tert-OH is 1. The van der Waals surface area contributed by atoms with E-state index in [1.165, 1.54) is 10.9 Å². The molecular formula is C12H13Cl2N3O2. The number of rotatable bonds is 1. The number of nitrogens with zero attached hydrogens (tertiary/aromatic N) is 2. The van der Waals surface area contributed by atoms with E-state index in [9.17, 15) is 9.90 Å². The van der Waals surface area contributed by atoms with Gasteiger partial charge in [-0.3, -0.25) is 9.36 Å². The molecule has 0 spiro atoms. The monoisotopic (exact) mass is 301 g/mol. The second-order valence-corrected chi connectivity index (χ2v) is 4.79. The lowest BCUT2D eigenvalue weighted by atomic mass is 10.2. The number of aromatic nitrogens is 2. The van der Waals surface area contributed by atoms with Crippen molar-refractivity contribution in [1.29, 1.82) is 0 Å². The van der Waals surface area contributed by atoms with E-state index >= 15 is 0 Å². The predicted octanol–water partition coefficient (Wildman–Crippen LogP) is 0.977. The smallest absolute Gasteiger partial charge is 0.263 e. The fourth-order valence-electron chi connectivity index (χ4n) is 2.31. The lowest BCUT2D eigenvalue weighted by molar-refractivity contribution is 0.149. The molecule has 1 aliphatic rings. The SMILES string of the molecule is Cl.O=c1c2c(Cl)cccc2ncn1[C@@H]1CNC[C@H]1O. The summed E-state index contributed by atoms with van der Waals surface area (Å²) >= 11 is 6.05. The van der Waals surface area contributed by atoms with Crippen molar-refractivity contribution in [3.63, 3.8) is 0 Å². The summed E-state index contributed by atoms with van der Waals surface area (Å²) in [5.74, 6) is 0. The highest BCUT2D eigenvalue weighted by atomic mass is 35.5. The minimum absolute atomic E-state index is 0. The first kappa shape index (κ1) is 14.3. The van der Waals surface area contributed by atoms with Gasteiger partial charge in [0.2, 0.25) is 0 Å². The third-order valence-corrected chi connectivity index (χ3v) is 3.58. The number of aliphatic hydroxyl groups is 1. The van der Waals surface area contributed by atoms with Crippen LogP contribution in [-0.2, 0) is 0 Å². The van der Waals surface area contributed by atoms with Gasteiger partial charge in [-0.15, -0.1) is 12.4 Å². The van der Waals surface area contributed by atoms with Crippen LogP contribution in [0.15, 0.2) is 29.3 Å². The van der Waals surface area contributed by atoms with Gasteiger partial charge in [-0.2, -0.15) is 0 Å². The molecule has 0 aliphatic carbocycles. The minimum Gasteiger partial charge on any atom is -0.390 e. The molecule has 7 heteroatoms. The van der Waals surface area contributed by atoms with Crippen LogP contribution in [0.5, 0.6) is 0 Å². The summed E-state index contributed by atoms with van der Waals surface area (Å²) in [6.07, 6.45) is 0.895. The summed E-state index contributed by atoms with van der Waals surface area (Å²) < 4.78 is 1.46. The molecule has 0 saturated carbocycles. The van der Waals surface area contributed by atoms with E-state index in [1.807, 2.05) is 0 Å². The van der Waals surface area contributed by atoms with Crippen molar-refractivity contribution in [2.24, 2.45) is 0 Å². The zero-order valence-corrected chi connectivity index (χ0v) is 11.5. The van der Waals surface area contributed by atoms with Crippen molar-refractivity contribution in [1.82, 2.24) is 14.9 Å². The van der Waals surface area contributed by atoms with Crippen molar-refractivity contribution < 1.29 is 5.11 Å². The van der Waals surface area contributed by atoms with E-state index in [0.29, 0.717) is 29.0 Å². The summed E-state index contributed by atoms with van der Waals surface area (Å²) in [5, 5.41) is 13.7. The summed E-state index contributed by atoms with van der Waals surface area (Å²) in [6, 6.07) is 4.88. The van der Waals surface area contributed by atoms with Crippen LogP contribution in [0.2, 0.25) is 5.02 Å². The Labute approximate surface area is 120 Å². The van der Waals surface area contributed by atoms with Crippen molar-refractivity contribution in [3.8, 4) is 0 Å². The number of hydrogen-bond acceptors (Lipinski definition) is 4. The van der Waals surface area contributed by atoms with Crippen LogP contribution in [0.3, 0.4) is 0 Å². The lowest BCUT2D eigenvalue weighted by Crippen LogP contribution is -2.31. The molecule has 2 aromatic rings. The Morgan fingerprint density at radius 2 is 2.21 bits per heavy atom. The maximum absolute atomic E-state index is 12.4. The molecule has 0 unspecified atom stereocenters. The fourth-order valence-corrected chi connectivity index (χ4v) is 2.56. The molecule has 2 heterocycles. The second-order valence-electron chi connectivity index (χ2n) is 4.38. The number of nitrogens with one attached hydrogen (secondary N) is 1. The molecule has 1 aromatic heterocycles. The molecule has 2 N–H and O–H groups in total. The van der Waals surface area contributed by atoms with Gasteiger partial charge in [-0.1, -0.05) is 17.7 Å². The molecule has 3 rings (SSSR count). The van der Waals surface area contributed by atoms with Crippen molar-refractivity contribution in [2.45, 2.75) is 12.1 Å². The van der Waals surface area contributed by atoms with E-state index in [0.717, 1.165) is 0 Å². The molecule has 102 valence electrons. The molecule has 0 amide bonds. The van der Waals surface area contributed by atoms with Gasteiger partial charge in [0.15, 0.2) is 0 Å². The summed E-state index contributed by atoms with van der Waals surface area (Å²) in [7, 11) is 0. The molecule has 1 aromatic carbocycles. The van der Waals surface area contributed by atoms with Crippen LogP contribution in [-0.4, -0.2) is 33.9 Å². The molecule has 0 bridgehead atoms. The number of fused-ring (bicyclic) bond motifs is 1. The van der Waals surface area contributed by atoms with E-state index in [-0.39, 0.29) is 24.0 Å². The Balaban J connectivity index is 0.00000133. The third kappa shape index (κ3) is 2.34. The summed E-state index contributed by atoms with van der Waals surface area (Å²) in [4.78, 5) is 16.6. The zero-order valence-electron chi connectivity index (χ0n) is 9.91. The van der Waals surface area contributed by atoms with Crippen LogP contribution >= 0.6 is 24.0 Å². The maximum atomic E-state index is 12.4. The lowest BCUT2D eigenvalue weighted by Gasteiger charge is -2.16. The van der Waals surface area contributed by atoms with E-state index in [4.69, 9.17) is 11.6 Å². The Morgan fingerprint density at radius 3 is 2.89 bits per heavy atom. The highest BCUT2D eigenvalue weighted by molar-refractivity contribution is 6.35. The first-order valence-corrected chi connectivity index (χ1v) is 6.10. The number of hydrogen-bond donors (Lipinski definition) is 2. The van der Waals surface area contributed by atoms with Gasteiger partial charge >= 0.3 is 0 Å². The molecule has 5 nitrogen and oxygen atoms in total. The Kier molecular flexibility index (Phi) is 4.10. The quantitative estimate of drug-likeness (QED) is 0.824. The van der Waals surface area contributed by atoms with Gasteiger partial charge in [-0.25, -0.2) is 4.98 Å². The van der Waals surface area contributed by atoms with E-state index in [2.05, 4.69) is 10.3 Å². The van der Waals surface area contributed by atoms with Crippen LogP contribution in [0, 0.1) is 0 Å². The Bertz CT molecular complexity index is 659. The molecule has 1 saturated heterocycles. The standard InChI is InChI=1S/C12H12ClN3O2.ClH/c13-7-2-1-3-8-11(7)12(18)16(6-15-8)9-4-14-5-10(9)17;/h1-3,6,9-10,14,17H,4-5H2;1H/t9-,10-;/m1./s1. The van der Waals surface area contributed by atoms with Crippen LogP contribution in [0.1, 0.15) is 6.04 Å². The normalized spacial score (nSPS) is 22.4. The largest absolute Gasteiger partial charge is 0.390 e. The fraction of sp³-hybridized carbons (Fsp3) is 0.333. The van der Waals surface area contributed by atoms with Crippen LogP contribution < -0.4 is 10.9 Å². The third-order valence-electron chi connectivity index (χ3n) is 3.27. The van der Waals surface area contributed by atoms with E-state index in [1.54, 1.807) is 18.2 Å². The number of benzene rings is 1. The van der Waals surface area contributed by atoms with Gasteiger partial charge < -0.3 is 10.4 Å². The number of halogens is 2. The van der Waals surface area contributed by atoms with Crippen LogP contribution in [0.4, 0.5) is 0 Å². The zero-order chi connectivity index (χ0) is 12.7. The van der Waals surface area contributed by atoms with Gasteiger partial charge in [-0.05, 0) is 12.1 Å². The Hall–Kier alpha value is -1.14. The maximum Gasteiger partial charge on any atom is 0.263 e. The first-order chi connectivity index (χ1) is 8.68. The molecule has 1 aliphatic heterocycles. The molecule has 1 fully saturated rings. The minimum atomic E-state index is -0.579. The average Bonchev–Trinajstić information content (AvgIpc) is 2.76. The topological polar surface area (TPSA) is 67.2 Å². The van der Waals surface area contributed by atoms with Crippen molar-refractivity contribution in [3.05, 3.63) is 39.9 Å². The Morgan fingerprint density at radius 1 is 1.42 bits per heavy atom. The van der Waals surface area contributed by atoms with Gasteiger partial charge in [0.25, 0.3) is 5.56 Å².